The Bertz CT molecular complexity index is 2140. The van der Waals surface area contributed by atoms with Crippen LogP contribution in [0.4, 0.5) is 0 Å². The first-order valence-corrected chi connectivity index (χ1v) is 15.6. The maximum Gasteiger partial charge on any atom is 0.271 e. The van der Waals surface area contributed by atoms with E-state index in [9.17, 15) is 9.59 Å². The Morgan fingerprint density at radius 2 is 1.06 bits per heavy atom. The maximum absolute atomic E-state index is 13.2. The van der Waals surface area contributed by atoms with E-state index in [2.05, 4.69) is 62.2 Å². The number of aromatic nitrogens is 2. The Balaban J connectivity index is 1.24. The maximum atomic E-state index is 13.2. The van der Waals surface area contributed by atoms with Gasteiger partial charge in [0.2, 0.25) is 0 Å². The van der Waals surface area contributed by atoms with Gasteiger partial charge in [-0.15, -0.1) is 0 Å². The molecule has 0 aliphatic rings. The van der Waals surface area contributed by atoms with E-state index in [1.807, 2.05) is 97.3 Å². The molecule has 0 bridgehead atoms. The second kappa shape index (κ2) is 13.4. The van der Waals surface area contributed by atoms with E-state index in [4.69, 9.17) is 0 Å². The molecule has 8 heteroatoms. The molecule has 0 saturated carbocycles. The molecule has 7 rings (SSSR count). The number of aryl methyl sites for hydroxylation is 1. The molecule has 2 amide bonds. The van der Waals surface area contributed by atoms with Crippen molar-refractivity contribution in [3.8, 4) is 0 Å². The van der Waals surface area contributed by atoms with Crippen LogP contribution in [-0.2, 0) is 0 Å². The first-order valence-electron chi connectivity index (χ1n) is 15.6. The molecule has 2 aromatic heterocycles. The van der Waals surface area contributed by atoms with Gasteiger partial charge < -0.3 is 9.97 Å². The molecule has 0 fully saturated rings. The number of fused-ring (bicyclic) bond motifs is 2. The zero-order chi connectivity index (χ0) is 32.9. The number of benzene rings is 5. The van der Waals surface area contributed by atoms with Gasteiger partial charge in [0.25, 0.3) is 11.8 Å². The van der Waals surface area contributed by atoms with Crippen molar-refractivity contribution in [1.29, 1.82) is 0 Å². The molecule has 234 valence electrons. The molecule has 0 spiro atoms. The third-order valence-electron chi connectivity index (χ3n) is 8.34. The molecule has 48 heavy (non-hydrogen) atoms. The molecule has 0 atom stereocenters. The quantitative estimate of drug-likeness (QED) is 0.0971. The van der Waals surface area contributed by atoms with E-state index in [-0.39, 0.29) is 17.7 Å². The number of nitrogens with zero attached hydrogens (tertiary/aromatic N) is 2. The number of nitrogens with one attached hydrogen (secondary N) is 4. The SMILES string of the molecule is Cc1ccc(C(c2c[nH]c3ccc(C(=O)N/N=C/c4ccccc4)cc23)c2c[nH]c3ccc(C(=O)N/N=C/c4ccccc4)cc23)cc1. The fourth-order valence-corrected chi connectivity index (χ4v) is 5.87. The van der Waals surface area contributed by atoms with Crippen LogP contribution >= 0.6 is 0 Å². The molecule has 7 aromatic rings. The average Bonchev–Trinajstić information content (AvgIpc) is 3.74. The molecule has 4 N–H and O–H groups in total. The van der Waals surface area contributed by atoms with Gasteiger partial charge in [-0.25, -0.2) is 10.9 Å². The summed E-state index contributed by atoms with van der Waals surface area (Å²) in [4.78, 5) is 33.1. The fourth-order valence-electron chi connectivity index (χ4n) is 5.87. The van der Waals surface area contributed by atoms with Crippen LogP contribution in [0.2, 0.25) is 0 Å². The summed E-state index contributed by atoms with van der Waals surface area (Å²) in [5.74, 6) is -0.821. The molecular weight excluding hydrogens is 596 g/mol. The number of aromatic amines is 2. The minimum absolute atomic E-state index is 0.211. The van der Waals surface area contributed by atoms with Crippen LogP contribution in [-0.4, -0.2) is 34.2 Å². The summed E-state index contributed by atoms with van der Waals surface area (Å²) in [5, 5.41) is 10.1. The molecule has 0 aliphatic heterocycles. The van der Waals surface area contributed by atoms with Crippen molar-refractivity contribution in [2.45, 2.75) is 12.8 Å². The van der Waals surface area contributed by atoms with Gasteiger partial charge >= 0.3 is 0 Å². The highest BCUT2D eigenvalue weighted by atomic mass is 16.2. The van der Waals surface area contributed by atoms with E-state index in [1.165, 1.54) is 0 Å². The number of hydrogen-bond donors (Lipinski definition) is 4. The number of carbonyl (C=O) groups excluding carboxylic acids is 2. The van der Waals surface area contributed by atoms with Crippen LogP contribution in [0.5, 0.6) is 0 Å². The van der Waals surface area contributed by atoms with Crippen LogP contribution in [0.3, 0.4) is 0 Å². The average molecular weight is 629 g/mol. The minimum Gasteiger partial charge on any atom is -0.361 e. The third-order valence-corrected chi connectivity index (χ3v) is 8.34. The van der Waals surface area contributed by atoms with E-state index < -0.39 is 0 Å². The molecular formula is C40H32N6O2. The van der Waals surface area contributed by atoms with Crippen LogP contribution in [0.25, 0.3) is 21.8 Å². The standard InChI is InChI=1S/C40H32N6O2/c1-26-12-14-29(15-13-26)38(34-24-41-36-18-16-30(20-32(34)36)39(47)45-43-22-27-8-4-2-5-9-27)35-25-42-37-19-17-31(21-33(35)37)40(48)46-44-23-28-10-6-3-7-11-28/h2-25,38,41-42H,1H3,(H,45,47)(H,46,48)/b43-22+,44-23+. The Morgan fingerprint density at radius 1 is 0.604 bits per heavy atom. The van der Waals surface area contributed by atoms with Gasteiger partial charge in [0.15, 0.2) is 0 Å². The van der Waals surface area contributed by atoms with Gasteiger partial charge in [-0.2, -0.15) is 10.2 Å². The van der Waals surface area contributed by atoms with Crippen molar-refractivity contribution < 1.29 is 9.59 Å². The summed E-state index contributed by atoms with van der Waals surface area (Å²) in [6.45, 7) is 2.06. The Hall–Kier alpha value is -6.54. The van der Waals surface area contributed by atoms with E-state index in [0.717, 1.165) is 55.2 Å². The Morgan fingerprint density at radius 3 is 1.52 bits per heavy atom. The van der Waals surface area contributed by atoms with Gasteiger partial charge in [0.05, 0.1) is 12.4 Å². The summed E-state index contributed by atoms with van der Waals surface area (Å²) in [6, 6.07) is 38.8. The van der Waals surface area contributed by atoms with Gasteiger partial charge in [-0.1, -0.05) is 90.5 Å². The van der Waals surface area contributed by atoms with Crippen molar-refractivity contribution in [2.24, 2.45) is 10.2 Å². The molecule has 0 aliphatic carbocycles. The molecule has 8 nitrogen and oxygen atoms in total. The second-order valence-electron chi connectivity index (χ2n) is 11.6. The lowest BCUT2D eigenvalue weighted by molar-refractivity contribution is 0.0947. The second-order valence-corrected chi connectivity index (χ2v) is 11.6. The van der Waals surface area contributed by atoms with Crippen molar-refractivity contribution in [1.82, 2.24) is 20.8 Å². The van der Waals surface area contributed by atoms with Crippen molar-refractivity contribution >= 4 is 46.0 Å². The van der Waals surface area contributed by atoms with E-state index >= 15 is 0 Å². The summed E-state index contributed by atoms with van der Waals surface area (Å²) in [7, 11) is 0. The van der Waals surface area contributed by atoms with E-state index in [0.29, 0.717) is 11.1 Å². The van der Waals surface area contributed by atoms with Crippen LogP contribution in [0.1, 0.15) is 60.0 Å². The third kappa shape index (κ3) is 6.41. The molecule has 5 aromatic carbocycles. The predicted octanol–water partition coefficient (Wildman–Crippen LogP) is 7.67. The summed E-state index contributed by atoms with van der Waals surface area (Å²) in [5.41, 5.74) is 14.1. The van der Waals surface area contributed by atoms with Gasteiger partial charge in [0, 0.05) is 51.2 Å². The number of H-pyrrole nitrogens is 2. The zero-order valence-corrected chi connectivity index (χ0v) is 26.1. The number of amides is 2. The van der Waals surface area contributed by atoms with Crippen molar-refractivity contribution in [3.63, 3.8) is 0 Å². The number of hydrogen-bond acceptors (Lipinski definition) is 4. The molecule has 0 saturated heterocycles. The number of carbonyl (C=O) groups is 2. The summed E-state index contributed by atoms with van der Waals surface area (Å²) >= 11 is 0. The highest BCUT2D eigenvalue weighted by Gasteiger charge is 2.24. The highest BCUT2D eigenvalue weighted by molar-refractivity contribution is 6.01. The summed E-state index contributed by atoms with van der Waals surface area (Å²) < 4.78 is 0. The minimum atomic E-state index is -0.305. The van der Waals surface area contributed by atoms with Gasteiger partial charge in [-0.3, -0.25) is 9.59 Å². The number of rotatable bonds is 9. The van der Waals surface area contributed by atoms with Gasteiger partial charge in [0.1, 0.15) is 0 Å². The lowest BCUT2D eigenvalue weighted by atomic mass is 9.84. The van der Waals surface area contributed by atoms with Crippen LogP contribution in [0, 0.1) is 6.92 Å². The highest BCUT2D eigenvalue weighted by Crippen LogP contribution is 2.40. The monoisotopic (exact) mass is 628 g/mol. The fraction of sp³-hybridized carbons (Fsp3) is 0.0500. The molecule has 0 radical (unpaired) electrons. The lowest BCUT2D eigenvalue weighted by Gasteiger charge is -2.18. The Kier molecular flexibility index (Phi) is 8.44. The summed E-state index contributed by atoms with van der Waals surface area (Å²) in [6.07, 6.45) is 7.23. The van der Waals surface area contributed by atoms with Crippen LogP contribution < -0.4 is 10.9 Å². The number of hydrazone groups is 2. The molecule has 0 unspecified atom stereocenters. The normalized spacial score (nSPS) is 11.6. The van der Waals surface area contributed by atoms with Crippen molar-refractivity contribution in [3.05, 3.63) is 178 Å². The first kappa shape index (κ1) is 30.1. The Labute approximate surface area is 277 Å². The molecule has 2 heterocycles. The largest absolute Gasteiger partial charge is 0.361 e. The smallest absolute Gasteiger partial charge is 0.271 e. The topological polar surface area (TPSA) is 114 Å². The predicted molar refractivity (Wildman–Crippen MR) is 192 cm³/mol. The van der Waals surface area contributed by atoms with Crippen molar-refractivity contribution in [2.75, 3.05) is 0 Å². The van der Waals surface area contributed by atoms with E-state index in [1.54, 1.807) is 24.6 Å². The zero-order valence-electron chi connectivity index (χ0n) is 26.1. The first-order chi connectivity index (χ1) is 23.5. The van der Waals surface area contributed by atoms with Crippen LogP contribution in [0.15, 0.2) is 144 Å². The van der Waals surface area contributed by atoms with Gasteiger partial charge in [-0.05, 0) is 71.1 Å². The lowest BCUT2D eigenvalue weighted by Crippen LogP contribution is -2.17.